The van der Waals surface area contributed by atoms with E-state index in [9.17, 15) is 4.79 Å². The maximum absolute atomic E-state index is 13.0. The molecule has 1 aromatic carbocycles. The summed E-state index contributed by atoms with van der Waals surface area (Å²) in [5, 5.41) is 0. The lowest BCUT2D eigenvalue weighted by molar-refractivity contribution is 0.0779. The fraction of sp³-hybridized carbons (Fsp3) is 0.455. The predicted octanol–water partition coefficient (Wildman–Crippen LogP) is 3.09. The minimum absolute atomic E-state index is 0.113. The summed E-state index contributed by atoms with van der Waals surface area (Å²) in [4.78, 5) is 19.1. The monoisotopic (exact) mass is 365 g/mol. The summed E-state index contributed by atoms with van der Waals surface area (Å²) in [5.74, 6) is 2.00. The highest BCUT2D eigenvalue weighted by Gasteiger charge is 2.42. The van der Waals surface area contributed by atoms with E-state index in [0.717, 1.165) is 53.9 Å². The van der Waals surface area contributed by atoms with Crippen LogP contribution in [0.1, 0.15) is 39.9 Å². The topological polar surface area (TPSA) is 68.5 Å². The molecule has 0 radical (unpaired) electrons. The fourth-order valence-electron chi connectivity index (χ4n) is 4.60. The van der Waals surface area contributed by atoms with Crippen LogP contribution in [0.4, 0.5) is 0 Å². The van der Waals surface area contributed by atoms with Crippen molar-refractivity contribution in [3.8, 4) is 5.75 Å². The highest BCUT2D eigenvalue weighted by atomic mass is 16.5. The van der Waals surface area contributed by atoms with Gasteiger partial charge in [-0.25, -0.2) is 0 Å². The van der Waals surface area contributed by atoms with Crippen LogP contribution in [0, 0.1) is 25.7 Å². The maximum Gasteiger partial charge on any atom is 0.253 e. The SMILES string of the molecule is Cc1cc(C(=O)N2CC3CCC(N)C3C2)cc(C)c1OCc1cccnc1. The molecule has 0 spiro atoms. The number of carbonyl (C=O) groups excluding carboxylic acids is 1. The lowest BCUT2D eigenvalue weighted by atomic mass is 9.98. The van der Waals surface area contributed by atoms with Crippen molar-refractivity contribution >= 4 is 5.91 Å². The Labute approximate surface area is 160 Å². The van der Waals surface area contributed by atoms with E-state index in [1.807, 2.05) is 43.0 Å². The van der Waals surface area contributed by atoms with Gasteiger partial charge in [0, 0.05) is 42.7 Å². The van der Waals surface area contributed by atoms with Crippen LogP contribution in [-0.2, 0) is 6.61 Å². The second-order valence-electron chi connectivity index (χ2n) is 7.96. The number of benzene rings is 1. The number of amides is 1. The molecule has 2 fully saturated rings. The molecule has 4 rings (SSSR count). The van der Waals surface area contributed by atoms with Crippen LogP contribution < -0.4 is 10.5 Å². The van der Waals surface area contributed by atoms with E-state index in [4.69, 9.17) is 10.5 Å². The number of aromatic nitrogens is 1. The number of aryl methyl sites for hydroxylation is 2. The average molecular weight is 365 g/mol. The molecule has 2 aliphatic rings. The van der Waals surface area contributed by atoms with Crippen molar-refractivity contribution in [2.45, 2.75) is 39.3 Å². The number of pyridine rings is 1. The Balaban J connectivity index is 1.47. The molecule has 2 heterocycles. The van der Waals surface area contributed by atoms with Crippen LogP contribution >= 0.6 is 0 Å². The molecule has 5 heteroatoms. The van der Waals surface area contributed by atoms with Gasteiger partial charge >= 0.3 is 0 Å². The van der Waals surface area contributed by atoms with E-state index in [1.165, 1.54) is 0 Å². The van der Waals surface area contributed by atoms with Gasteiger partial charge in [0.15, 0.2) is 0 Å². The first-order valence-electron chi connectivity index (χ1n) is 9.70. The van der Waals surface area contributed by atoms with Gasteiger partial charge < -0.3 is 15.4 Å². The molecule has 2 aromatic rings. The van der Waals surface area contributed by atoms with E-state index in [2.05, 4.69) is 4.98 Å². The van der Waals surface area contributed by atoms with Crippen molar-refractivity contribution < 1.29 is 9.53 Å². The summed E-state index contributed by atoms with van der Waals surface area (Å²) < 4.78 is 6.01. The van der Waals surface area contributed by atoms with Gasteiger partial charge in [-0.2, -0.15) is 0 Å². The van der Waals surface area contributed by atoms with Crippen LogP contribution in [0.2, 0.25) is 0 Å². The number of likely N-dealkylation sites (tertiary alicyclic amines) is 1. The van der Waals surface area contributed by atoms with Crippen LogP contribution in [-0.4, -0.2) is 34.9 Å². The third kappa shape index (κ3) is 3.56. The Morgan fingerprint density at radius 2 is 2.04 bits per heavy atom. The van der Waals surface area contributed by atoms with Gasteiger partial charge in [-0.1, -0.05) is 6.07 Å². The Kier molecular flexibility index (Phi) is 4.87. The van der Waals surface area contributed by atoms with Crippen molar-refractivity contribution in [1.82, 2.24) is 9.88 Å². The second-order valence-corrected chi connectivity index (χ2v) is 7.96. The Hall–Kier alpha value is -2.40. The van der Waals surface area contributed by atoms with Crippen LogP contribution in [0.15, 0.2) is 36.7 Å². The minimum Gasteiger partial charge on any atom is -0.488 e. The smallest absolute Gasteiger partial charge is 0.253 e. The first-order valence-corrected chi connectivity index (χ1v) is 9.70. The highest BCUT2D eigenvalue weighted by Crippen LogP contribution is 2.38. The lowest BCUT2D eigenvalue weighted by Gasteiger charge is -2.20. The summed E-state index contributed by atoms with van der Waals surface area (Å²) >= 11 is 0. The van der Waals surface area contributed by atoms with E-state index in [-0.39, 0.29) is 11.9 Å². The third-order valence-electron chi connectivity index (χ3n) is 6.01. The zero-order valence-electron chi connectivity index (χ0n) is 16.0. The Morgan fingerprint density at radius 3 is 2.70 bits per heavy atom. The van der Waals surface area contributed by atoms with E-state index >= 15 is 0 Å². The normalized spacial score (nSPS) is 24.1. The molecule has 1 aliphatic carbocycles. The predicted molar refractivity (Wildman–Crippen MR) is 105 cm³/mol. The number of rotatable bonds is 4. The first-order chi connectivity index (χ1) is 13.0. The Morgan fingerprint density at radius 1 is 1.26 bits per heavy atom. The minimum atomic E-state index is 0.113. The molecule has 2 N–H and O–H groups in total. The molecule has 1 saturated heterocycles. The van der Waals surface area contributed by atoms with Crippen molar-refractivity contribution in [2.75, 3.05) is 13.1 Å². The quantitative estimate of drug-likeness (QED) is 0.904. The Bertz CT molecular complexity index is 814. The number of fused-ring (bicyclic) bond motifs is 1. The molecule has 5 nitrogen and oxygen atoms in total. The average Bonchev–Trinajstić information content (AvgIpc) is 3.23. The number of nitrogens with two attached hydrogens (primary N) is 1. The summed E-state index contributed by atoms with van der Waals surface area (Å²) in [6, 6.07) is 8.03. The molecular weight excluding hydrogens is 338 g/mol. The van der Waals surface area contributed by atoms with Gasteiger partial charge in [0.1, 0.15) is 12.4 Å². The van der Waals surface area contributed by atoms with E-state index < -0.39 is 0 Å². The number of nitrogens with zero attached hydrogens (tertiary/aromatic N) is 2. The van der Waals surface area contributed by atoms with Crippen LogP contribution in [0.3, 0.4) is 0 Å². The van der Waals surface area contributed by atoms with Crippen LogP contribution in [0.25, 0.3) is 0 Å². The van der Waals surface area contributed by atoms with E-state index in [0.29, 0.717) is 18.4 Å². The molecular formula is C22H27N3O2. The first kappa shape index (κ1) is 18.0. The molecule has 1 aliphatic heterocycles. The van der Waals surface area contributed by atoms with Crippen LogP contribution in [0.5, 0.6) is 5.75 Å². The molecule has 27 heavy (non-hydrogen) atoms. The third-order valence-corrected chi connectivity index (χ3v) is 6.01. The molecule has 3 atom stereocenters. The second kappa shape index (κ2) is 7.31. The standard InChI is InChI=1S/C22H27N3O2/c1-14-8-18(22(26)25-11-17-5-6-20(23)19(17)12-25)9-15(2)21(14)27-13-16-4-3-7-24-10-16/h3-4,7-10,17,19-20H,5-6,11-13,23H2,1-2H3. The molecule has 1 aromatic heterocycles. The van der Waals surface area contributed by atoms with Crippen molar-refractivity contribution in [1.29, 1.82) is 0 Å². The van der Waals surface area contributed by atoms with Gasteiger partial charge in [0.2, 0.25) is 0 Å². The number of hydrogen-bond donors (Lipinski definition) is 1. The summed E-state index contributed by atoms with van der Waals surface area (Å²) in [7, 11) is 0. The zero-order valence-corrected chi connectivity index (χ0v) is 16.0. The van der Waals surface area contributed by atoms with Crippen molar-refractivity contribution in [3.63, 3.8) is 0 Å². The number of hydrogen-bond acceptors (Lipinski definition) is 4. The highest BCUT2D eigenvalue weighted by molar-refractivity contribution is 5.95. The van der Waals surface area contributed by atoms with Gasteiger partial charge in [-0.3, -0.25) is 9.78 Å². The summed E-state index contributed by atoms with van der Waals surface area (Å²) in [6.07, 6.45) is 5.80. The lowest BCUT2D eigenvalue weighted by Crippen LogP contribution is -2.33. The number of carbonyl (C=O) groups is 1. The van der Waals surface area contributed by atoms with Gasteiger partial charge in [-0.05, 0) is 67.9 Å². The van der Waals surface area contributed by atoms with Gasteiger partial charge in [0.25, 0.3) is 5.91 Å². The zero-order chi connectivity index (χ0) is 19.0. The van der Waals surface area contributed by atoms with Crippen molar-refractivity contribution in [3.05, 3.63) is 58.9 Å². The van der Waals surface area contributed by atoms with Gasteiger partial charge in [-0.15, -0.1) is 0 Å². The summed E-state index contributed by atoms with van der Waals surface area (Å²) in [6.45, 7) is 6.10. The number of ether oxygens (including phenoxy) is 1. The van der Waals surface area contributed by atoms with Crippen molar-refractivity contribution in [2.24, 2.45) is 17.6 Å². The molecule has 142 valence electrons. The molecule has 3 unspecified atom stereocenters. The molecule has 1 amide bonds. The van der Waals surface area contributed by atoms with Gasteiger partial charge in [0.05, 0.1) is 0 Å². The molecule has 0 bridgehead atoms. The van der Waals surface area contributed by atoms with E-state index in [1.54, 1.807) is 12.4 Å². The summed E-state index contributed by atoms with van der Waals surface area (Å²) in [5.41, 5.74) is 9.95. The molecule has 1 saturated carbocycles. The largest absolute Gasteiger partial charge is 0.488 e. The maximum atomic E-state index is 13.0. The fourth-order valence-corrected chi connectivity index (χ4v) is 4.60.